The van der Waals surface area contributed by atoms with Crippen LogP contribution in [-0.4, -0.2) is 32.3 Å². The number of hydrogen-bond donors (Lipinski definition) is 2. The van der Waals surface area contributed by atoms with E-state index < -0.39 is 4.92 Å². The Bertz CT molecular complexity index is 683. The van der Waals surface area contributed by atoms with Crippen LogP contribution in [0.15, 0.2) is 17.8 Å². The number of carbonyl (C=O) groups is 1. The Balaban J connectivity index is 1.78. The average Bonchev–Trinajstić information content (AvgIpc) is 3.14. The molecule has 2 aromatic heterocycles. The van der Waals surface area contributed by atoms with E-state index in [1.165, 1.54) is 28.4 Å². The average molecular weight is 338 g/mol. The molecule has 2 rings (SSSR count). The summed E-state index contributed by atoms with van der Waals surface area (Å²) in [5.41, 5.74) is 0.866. The molecular formula is C13H18N6O3S. The van der Waals surface area contributed by atoms with Gasteiger partial charge in [0.2, 0.25) is 0 Å². The Kier molecular flexibility index (Phi) is 5.63. The smallest absolute Gasteiger partial charge is 0.315 e. The predicted molar refractivity (Wildman–Crippen MR) is 85.3 cm³/mol. The normalized spacial score (nSPS) is 11.9. The molecule has 0 radical (unpaired) electrons. The van der Waals surface area contributed by atoms with Crippen molar-refractivity contribution >= 4 is 23.1 Å². The van der Waals surface area contributed by atoms with Crippen molar-refractivity contribution in [3.8, 4) is 0 Å². The molecule has 2 amide bonds. The summed E-state index contributed by atoms with van der Waals surface area (Å²) in [6.07, 6.45) is 3.25. The fourth-order valence-corrected chi connectivity index (χ4v) is 2.86. The number of thiazole rings is 1. The fourth-order valence-electron chi connectivity index (χ4n) is 1.93. The van der Waals surface area contributed by atoms with E-state index in [1.807, 2.05) is 19.2 Å². The molecule has 0 aromatic carbocycles. The maximum atomic E-state index is 11.9. The van der Waals surface area contributed by atoms with Gasteiger partial charge in [0.25, 0.3) is 0 Å². The largest absolute Gasteiger partial charge is 0.336 e. The van der Waals surface area contributed by atoms with E-state index in [0.29, 0.717) is 13.1 Å². The zero-order valence-corrected chi connectivity index (χ0v) is 13.7. The summed E-state index contributed by atoms with van der Waals surface area (Å²) in [4.78, 5) is 26.3. The van der Waals surface area contributed by atoms with Crippen LogP contribution >= 0.6 is 11.3 Å². The van der Waals surface area contributed by atoms with Crippen LogP contribution in [0.2, 0.25) is 0 Å². The van der Waals surface area contributed by atoms with Gasteiger partial charge in [0.15, 0.2) is 0 Å². The van der Waals surface area contributed by atoms with Crippen molar-refractivity contribution in [1.82, 2.24) is 25.4 Å². The number of hydrogen-bond acceptors (Lipinski definition) is 6. The zero-order chi connectivity index (χ0) is 16.8. The van der Waals surface area contributed by atoms with Crippen LogP contribution in [0.5, 0.6) is 0 Å². The van der Waals surface area contributed by atoms with Gasteiger partial charge in [-0.15, -0.1) is 11.3 Å². The van der Waals surface area contributed by atoms with Crippen LogP contribution in [-0.2, 0) is 6.54 Å². The molecule has 2 aromatic rings. The number of aromatic nitrogens is 3. The quantitative estimate of drug-likeness (QED) is 0.592. The van der Waals surface area contributed by atoms with Crippen molar-refractivity contribution in [3.05, 3.63) is 38.6 Å². The number of rotatable bonds is 7. The topological polar surface area (TPSA) is 115 Å². The van der Waals surface area contributed by atoms with E-state index in [9.17, 15) is 14.9 Å². The van der Waals surface area contributed by atoms with Gasteiger partial charge in [0.1, 0.15) is 17.4 Å². The number of urea groups is 1. The molecule has 10 heteroatoms. The van der Waals surface area contributed by atoms with Crippen LogP contribution in [0.25, 0.3) is 0 Å². The molecule has 0 bridgehead atoms. The molecule has 0 unspecified atom stereocenters. The number of nitrogens with zero attached hydrogens (tertiary/aromatic N) is 4. The summed E-state index contributed by atoms with van der Waals surface area (Å²) in [7, 11) is 0. The number of nitro groups is 1. The van der Waals surface area contributed by atoms with Gasteiger partial charge in [0, 0.05) is 17.6 Å². The van der Waals surface area contributed by atoms with Gasteiger partial charge in [-0.2, -0.15) is 5.10 Å². The highest BCUT2D eigenvalue weighted by Crippen LogP contribution is 2.20. The van der Waals surface area contributed by atoms with Gasteiger partial charge < -0.3 is 10.6 Å². The molecule has 0 saturated heterocycles. The first-order valence-corrected chi connectivity index (χ1v) is 8.00. The molecule has 0 saturated carbocycles. The summed E-state index contributed by atoms with van der Waals surface area (Å²) in [6, 6.07) is -0.425. The number of carbonyl (C=O) groups excluding carboxylic acids is 1. The highest BCUT2D eigenvalue weighted by atomic mass is 32.1. The molecule has 0 fully saturated rings. The minimum Gasteiger partial charge on any atom is -0.336 e. The number of nitrogens with one attached hydrogen (secondary N) is 2. The molecule has 23 heavy (non-hydrogen) atoms. The van der Waals surface area contributed by atoms with E-state index in [0.717, 1.165) is 17.1 Å². The van der Waals surface area contributed by atoms with Gasteiger partial charge in [-0.25, -0.2) is 9.78 Å². The Morgan fingerprint density at radius 3 is 2.91 bits per heavy atom. The second kappa shape index (κ2) is 7.68. The summed E-state index contributed by atoms with van der Waals surface area (Å²) in [6.45, 7) is 4.56. The highest BCUT2D eigenvalue weighted by molar-refractivity contribution is 7.09. The summed E-state index contributed by atoms with van der Waals surface area (Å²) < 4.78 is 1.42. The summed E-state index contributed by atoms with van der Waals surface area (Å²) in [5.74, 6) is 0. The Labute approximate surface area is 136 Å². The van der Waals surface area contributed by atoms with E-state index in [4.69, 9.17) is 0 Å². The summed E-state index contributed by atoms with van der Waals surface area (Å²) >= 11 is 1.52. The van der Waals surface area contributed by atoms with Gasteiger partial charge >= 0.3 is 11.7 Å². The molecule has 0 aliphatic carbocycles. The first-order valence-electron chi connectivity index (χ1n) is 7.12. The molecule has 124 valence electrons. The second-order valence-electron chi connectivity index (χ2n) is 4.91. The van der Waals surface area contributed by atoms with E-state index in [2.05, 4.69) is 20.7 Å². The van der Waals surface area contributed by atoms with Crippen LogP contribution in [0.4, 0.5) is 10.5 Å². The van der Waals surface area contributed by atoms with Crippen LogP contribution in [0, 0.1) is 17.0 Å². The minimum atomic E-state index is -0.508. The third-order valence-electron chi connectivity index (χ3n) is 3.11. The fraction of sp³-hybridized carbons (Fsp3) is 0.462. The van der Waals surface area contributed by atoms with Crippen molar-refractivity contribution in [2.45, 2.75) is 32.9 Å². The van der Waals surface area contributed by atoms with E-state index >= 15 is 0 Å². The molecule has 2 N–H and O–H groups in total. The lowest BCUT2D eigenvalue weighted by molar-refractivity contribution is -0.385. The lowest BCUT2D eigenvalue weighted by Gasteiger charge is -2.15. The predicted octanol–water partition coefficient (Wildman–Crippen LogP) is 2.01. The molecule has 2 heterocycles. The number of amides is 2. The van der Waals surface area contributed by atoms with Gasteiger partial charge in [-0.3, -0.25) is 14.8 Å². The van der Waals surface area contributed by atoms with Crippen LogP contribution in [0.1, 0.15) is 30.1 Å². The molecule has 0 aliphatic heterocycles. The van der Waals surface area contributed by atoms with Crippen molar-refractivity contribution < 1.29 is 9.72 Å². The maximum absolute atomic E-state index is 11.9. The van der Waals surface area contributed by atoms with Crippen molar-refractivity contribution in [1.29, 1.82) is 0 Å². The Hall–Kier alpha value is -2.49. The molecule has 1 atom stereocenters. The lowest BCUT2D eigenvalue weighted by atomic mass is 10.2. The molecule has 9 nitrogen and oxygen atoms in total. The van der Waals surface area contributed by atoms with Crippen molar-refractivity contribution in [2.24, 2.45) is 0 Å². The van der Waals surface area contributed by atoms with Crippen LogP contribution < -0.4 is 10.6 Å². The maximum Gasteiger partial charge on any atom is 0.315 e. The first kappa shape index (κ1) is 16.9. The monoisotopic (exact) mass is 338 g/mol. The van der Waals surface area contributed by atoms with E-state index in [1.54, 1.807) is 0 Å². The molecule has 0 spiro atoms. The van der Waals surface area contributed by atoms with Gasteiger partial charge in [0.05, 0.1) is 17.5 Å². The molecule has 0 aliphatic rings. The minimum absolute atomic E-state index is 0.0698. The lowest BCUT2D eigenvalue weighted by Crippen LogP contribution is -2.39. The van der Waals surface area contributed by atoms with Crippen molar-refractivity contribution in [2.75, 3.05) is 6.54 Å². The van der Waals surface area contributed by atoms with E-state index in [-0.39, 0.29) is 17.8 Å². The summed E-state index contributed by atoms with van der Waals surface area (Å²) in [5, 5.41) is 22.8. The third kappa shape index (κ3) is 4.74. The standard InChI is InChI=1S/C13H18N6O3S/c1-3-11(12-16-9(2)8-23-12)17-13(20)14-4-5-18-7-10(6-15-18)19(21)22/h6-8,11H,3-5H2,1-2H3,(H2,14,17,20)/t11-/m0/s1. The Morgan fingerprint density at radius 2 is 2.35 bits per heavy atom. The SMILES string of the molecule is CC[C@H](NC(=O)NCCn1cc([N+](=O)[O-])cn1)c1nc(C)cs1. The van der Waals surface area contributed by atoms with Gasteiger partial charge in [-0.1, -0.05) is 6.92 Å². The third-order valence-corrected chi connectivity index (χ3v) is 4.18. The highest BCUT2D eigenvalue weighted by Gasteiger charge is 2.15. The Morgan fingerprint density at radius 1 is 1.57 bits per heavy atom. The van der Waals surface area contributed by atoms with Crippen LogP contribution in [0.3, 0.4) is 0 Å². The first-order chi connectivity index (χ1) is 11.0. The zero-order valence-electron chi connectivity index (χ0n) is 12.9. The van der Waals surface area contributed by atoms with Gasteiger partial charge in [-0.05, 0) is 13.3 Å². The molecular weight excluding hydrogens is 320 g/mol. The van der Waals surface area contributed by atoms with Crippen molar-refractivity contribution in [3.63, 3.8) is 0 Å². The second-order valence-corrected chi connectivity index (χ2v) is 5.80. The number of aryl methyl sites for hydroxylation is 1.